The highest BCUT2D eigenvalue weighted by Gasteiger charge is 2.50. The van der Waals surface area contributed by atoms with Crippen molar-refractivity contribution >= 4 is 23.9 Å². The van der Waals surface area contributed by atoms with Crippen LogP contribution in [0, 0.1) is 5.92 Å². The molecule has 11 nitrogen and oxygen atoms in total. The van der Waals surface area contributed by atoms with E-state index >= 15 is 0 Å². The molecule has 5 atom stereocenters. The fraction of sp³-hybridized carbons (Fsp3) is 0.733. The molecule has 0 bridgehead atoms. The first-order valence-corrected chi connectivity index (χ1v) is 7.85. The number of ether oxygens (including phenoxy) is 4. The molecular weight excluding hydrogens is 350 g/mol. The largest absolute Gasteiger partial charge is 0.465 e. The second kappa shape index (κ2) is 9.62. The van der Waals surface area contributed by atoms with Crippen LogP contribution in [0.3, 0.4) is 0 Å². The van der Waals surface area contributed by atoms with Gasteiger partial charge in [0.25, 0.3) is 0 Å². The highest BCUT2D eigenvalue weighted by atomic mass is 16.6. The van der Waals surface area contributed by atoms with Gasteiger partial charge < -0.3 is 18.9 Å². The number of nitrogens with zero attached hydrogens (tertiary/aromatic N) is 3. The van der Waals surface area contributed by atoms with Crippen molar-refractivity contribution in [3.05, 3.63) is 10.4 Å². The summed E-state index contributed by atoms with van der Waals surface area (Å²) >= 11 is 0. The van der Waals surface area contributed by atoms with E-state index in [4.69, 9.17) is 24.5 Å². The lowest BCUT2D eigenvalue weighted by molar-refractivity contribution is -0.202. The number of rotatable bonds is 6. The number of carbonyl (C=O) groups excluding carboxylic acids is 4. The summed E-state index contributed by atoms with van der Waals surface area (Å²) < 4.78 is 20.6. The average molecular weight is 371 g/mol. The van der Waals surface area contributed by atoms with E-state index in [1.54, 1.807) is 0 Å². The van der Waals surface area contributed by atoms with Crippen LogP contribution in [0.5, 0.6) is 0 Å². The molecule has 1 saturated carbocycles. The van der Waals surface area contributed by atoms with E-state index in [0.717, 1.165) is 20.8 Å². The summed E-state index contributed by atoms with van der Waals surface area (Å²) in [5, 5.41) is 3.60. The van der Waals surface area contributed by atoms with Gasteiger partial charge in [-0.2, -0.15) is 0 Å². The molecule has 0 saturated heterocycles. The van der Waals surface area contributed by atoms with Gasteiger partial charge in [-0.15, -0.1) is 0 Å². The minimum Gasteiger partial charge on any atom is -0.465 e. The molecule has 144 valence electrons. The maximum Gasteiger partial charge on any atom is 0.303 e. The molecule has 0 aromatic rings. The monoisotopic (exact) mass is 371 g/mol. The van der Waals surface area contributed by atoms with Crippen LogP contribution in [0.1, 0.15) is 34.1 Å². The molecule has 1 aliphatic carbocycles. The molecule has 0 aliphatic heterocycles. The molecule has 0 N–H and O–H groups in total. The molecule has 0 aromatic carbocycles. The average Bonchev–Trinajstić information content (AvgIpc) is 2.50. The fourth-order valence-corrected chi connectivity index (χ4v) is 2.84. The third kappa shape index (κ3) is 6.25. The van der Waals surface area contributed by atoms with E-state index in [9.17, 15) is 19.2 Å². The molecule has 1 rings (SSSR count). The van der Waals surface area contributed by atoms with E-state index in [1.807, 2.05) is 0 Å². The zero-order chi connectivity index (χ0) is 19.9. The number of hydrogen-bond acceptors (Lipinski definition) is 9. The Morgan fingerprint density at radius 2 is 1.38 bits per heavy atom. The van der Waals surface area contributed by atoms with Gasteiger partial charge >= 0.3 is 23.9 Å². The second-order valence-corrected chi connectivity index (χ2v) is 5.79. The summed E-state index contributed by atoms with van der Waals surface area (Å²) in [6.45, 7) is 4.49. The van der Waals surface area contributed by atoms with Crippen LogP contribution >= 0.6 is 0 Å². The highest BCUT2D eigenvalue weighted by molar-refractivity contribution is 5.68. The molecule has 0 amide bonds. The number of azide groups is 1. The Labute approximate surface area is 149 Å². The molecule has 11 heteroatoms. The number of esters is 4. The standard InChI is InChI=1S/C15H21N3O8/c1-7(19)23-6-11-5-12(17-18-16)14(25-9(3)21)15(26-10(4)22)13(11)24-8(2)20/h11-15H,5-6H2,1-4H3/t11-,12?,13+,14-,15+/m0/s1. The zero-order valence-electron chi connectivity index (χ0n) is 14.9. The minimum atomic E-state index is -1.22. The summed E-state index contributed by atoms with van der Waals surface area (Å²) in [7, 11) is 0. The van der Waals surface area contributed by atoms with Gasteiger partial charge in [0.05, 0.1) is 12.6 Å². The SMILES string of the molecule is CC(=O)OC[C@@H]1CC(N=[N+]=[N-])[C@H](OC(C)=O)[C@H](OC(C)=O)[C@@H]1OC(C)=O. The van der Waals surface area contributed by atoms with E-state index in [1.165, 1.54) is 6.92 Å². The predicted molar refractivity (Wildman–Crippen MR) is 84.3 cm³/mol. The minimum absolute atomic E-state index is 0.0883. The van der Waals surface area contributed by atoms with E-state index < -0.39 is 54.1 Å². The van der Waals surface area contributed by atoms with Crippen LogP contribution in [-0.4, -0.2) is 54.8 Å². The van der Waals surface area contributed by atoms with Crippen LogP contribution in [-0.2, 0) is 38.1 Å². The quantitative estimate of drug-likeness (QED) is 0.220. The Kier molecular flexibility index (Phi) is 7.85. The summed E-state index contributed by atoms with van der Waals surface area (Å²) in [5.41, 5.74) is 8.79. The Balaban J connectivity index is 3.28. The van der Waals surface area contributed by atoms with Gasteiger partial charge in [0.15, 0.2) is 12.2 Å². The van der Waals surface area contributed by atoms with Gasteiger partial charge in [0.2, 0.25) is 0 Å². The lowest BCUT2D eigenvalue weighted by Crippen LogP contribution is -2.58. The van der Waals surface area contributed by atoms with Crippen LogP contribution in [0.25, 0.3) is 10.4 Å². The molecule has 1 aliphatic rings. The first kappa shape index (κ1) is 21.2. The van der Waals surface area contributed by atoms with Gasteiger partial charge in [-0.25, -0.2) is 0 Å². The van der Waals surface area contributed by atoms with Crippen LogP contribution < -0.4 is 0 Å². The van der Waals surface area contributed by atoms with Gasteiger partial charge in [0, 0.05) is 38.5 Å². The van der Waals surface area contributed by atoms with Crippen LogP contribution in [0.15, 0.2) is 5.11 Å². The van der Waals surface area contributed by atoms with Crippen molar-refractivity contribution in [2.45, 2.75) is 58.5 Å². The van der Waals surface area contributed by atoms with Gasteiger partial charge in [-0.3, -0.25) is 19.2 Å². The summed E-state index contributed by atoms with van der Waals surface area (Å²) in [4.78, 5) is 48.3. The molecular formula is C15H21N3O8. The van der Waals surface area contributed by atoms with Crippen molar-refractivity contribution in [2.24, 2.45) is 11.0 Å². The highest BCUT2D eigenvalue weighted by Crippen LogP contribution is 2.34. The maximum atomic E-state index is 11.5. The fourth-order valence-electron chi connectivity index (χ4n) is 2.84. The molecule has 26 heavy (non-hydrogen) atoms. The lowest BCUT2D eigenvalue weighted by atomic mass is 9.79. The van der Waals surface area contributed by atoms with E-state index in [-0.39, 0.29) is 13.0 Å². The van der Waals surface area contributed by atoms with Crippen LogP contribution in [0.2, 0.25) is 0 Å². The van der Waals surface area contributed by atoms with E-state index in [0.29, 0.717) is 0 Å². The summed E-state index contributed by atoms with van der Waals surface area (Å²) in [5.74, 6) is -3.25. The first-order chi connectivity index (χ1) is 12.1. The molecule has 0 heterocycles. The Hall–Kier alpha value is -2.81. The molecule has 0 spiro atoms. The van der Waals surface area contributed by atoms with Crippen molar-refractivity contribution in [1.29, 1.82) is 0 Å². The molecule has 0 aromatic heterocycles. The van der Waals surface area contributed by atoms with Crippen molar-refractivity contribution < 1.29 is 38.1 Å². The van der Waals surface area contributed by atoms with Gasteiger partial charge in [-0.05, 0) is 12.0 Å². The van der Waals surface area contributed by atoms with Gasteiger partial charge in [0.1, 0.15) is 6.10 Å². The normalized spacial score (nSPS) is 27.5. The van der Waals surface area contributed by atoms with E-state index in [2.05, 4.69) is 10.0 Å². The Morgan fingerprint density at radius 3 is 1.85 bits per heavy atom. The zero-order valence-corrected chi connectivity index (χ0v) is 14.9. The number of hydrogen-bond donors (Lipinski definition) is 0. The van der Waals surface area contributed by atoms with Crippen LogP contribution in [0.4, 0.5) is 0 Å². The third-order valence-electron chi connectivity index (χ3n) is 3.64. The van der Waals surface area contributed by atoms with Gasteiger partial charge in [-0.1, -0.05) is 5.11 Å². The second-order valence-electron chi connectivity index (χ2n) is 5.79. The van der Waals surface area contributed by atoms with Crippen molar-refractivity contribution in [2.75, 3.05) is 6.61 Å². The summed E-state index contributed by atoms with van der Waals surface area (Å²) in [6.07, 6.45) is -3.33. The smallest absolute Gasteiger partial charge is 0.303 e. The predicted octanol–water partition coefficient (Wildman–Crippen LogP) is 1.04. The topological polar surface area (TPSA) is 154 Å². The summed E-state index contributed by atoms with van der Waals surface area (Å²) in [6, 6.07) is -0.902. The number of carbonyl (C=O) groups is 4. The molecule has 1 unspecified atom stereocenters. The van der Waals surface area contributed by atoms with Crippen molar-refractivity contribution in [1.82, 2.24) is 0 Å². The molecule has 1 fully saturated rings. The lowest BCUT2D eigenvalue weighted by Gasteiger charge is -2.43. The Morgan fingerprint density at radius 1 is 0.885 bits per heavy atom. The third-order valence-corrected chi connectivity index (χ3v) is 3.64. The van der Waals surface area contributed by atoms with Crippen molar-refractivity contribution in [3.63, 3.8) is 0 Å². The maximum absolute atomic E-state index is 11.5. The first-order valence-electron chi connectivity index (χ1n) is 7.85. The molecule has 0 radical (unpaired) electrons. The Bertz CT molecular complexity index is 616. The van der Waals surface area contributed by atoms with Crippen molar-refractivity contribution in [3.8, 4) is 0 Å².